The number of nitrogens with one attached hydrogen (secondary N) is 2. The number of carbonyl (C=O) groups excluding carboxylic acids is 2. The van der Waals surface area contributed by atoms with E-state index in [1.165, 1.54) is 26.4 Å². The van der Waals surface area contributed by atoms with Gasteiger partial charge in [-0.3, -0.25) is 4.79 Å². The maximum Gasteiger partial charge on any atom is 0.339 e. The number of methoxy groups -OCH3 is 1. The molecule has 1 aliphatic heterocycles. The minimum Gasteiger partial charge on any atom is -0.465 e. The molecule has 0 unspecified atom stereocenters. The zero-order valence-electron chi connectivity index (χ0n) is 15.5. The number of ether oxygens (including phenoxy) is 1. The summed E-state index contributed by atoms with van der Waals surface area (Å²) in [5, 5.41) is 6.00. The summed E-state index contributed by atoms with van der Waals surface area (Å²) < 4.78 is 4.76. The van der Waals surface area contributed by atoms with Crippen LogP contribution in [0.5, 0.6) is 0 Å². The fourth-order valence-corrected chi connectivity index (χ4v) is 3.28. The largest absolute Gasteiger partial charge is 0.465 e. The zero-order chi connectivity index (χ0) is 19.1. The SMILES string of the molecule is COC(=O)c1ccccc1NC(=O)CNc1ccccc1N1CCCCC1. The molecule has 0 aromatic heterocycles. The minimum atomic E-state index is -0.477. The van der Waals surface area contributed by atoms with Crippen molar-refractivity contribution in [2.45, 2.75) is 19.3 Å². The predicted molar refractivity (Wildman–Crippen MR) is 107 cm³/mol. The fraction of sp³-hybridized carbons (Fsp3) is 0.333. The summed E-state index contributed by atoms with van der Waals surface area (Å²) >= 11 is 0. The van der Waals surface area contributed by atoms with Crippen LogP contribution in [0.1, 0.15) is 29.6 Å². The van der Waals surface area contributed by atoms with Gasteiger partial charge in [-0.15, -0.1) is 0 Å². The van der Waals surface area contributed by atoms with E-state index in [1.54, 1.807) is 24.3 Å². The van der Waals surface area contributed by atoms with Crippen LogP contribution in [0, 0.1) is 0 Å². The van der Waals surface area contributed by atoms with Gasteiger partial charge in [0.15, 0.2) is 0 Å². The highest BCUT2D eigenvalue weighted by molar-refractivity contribution is 6.02. The van der Waals surface area contributed by atoms with Gasteiger partial charge in [-0.25, -0.2) is 4.79 Å². The lowest BCUT2D eigenvalue weighted by Crippen LogP contribution is -2.30. The number of carbonyl (C=O) groups is 2. The molecule has 0 aliphatic carbocycles. The maximum absolute atomic E-state index is 12.4. The number of nitrogens with zero attached hydrogens (tertiary/aromatic N) is 1. The van der Waals surface area contributed by atoms with E-state index in [2.05, 4.69) is 21.6 Å². The van der Waals surface area contributed by atoms with Gasteiger partial charge in [-0.05, 0) is 43.5 Å². The monoisotopic (exact) mass is 367 g/mol. The third-order valence-corrected chi connectivity index (χ3v) is 4.65. The van der Waals surface area contributed by atoms with Gasteiger partial charge in [-0.2, -0.15) is 0 Å². The molecule has 0 spiro atoms. The summed E-state index contributed by atoms with van der Waals surface area (Å²) in [6.45, 7) is 2.19. The first-order valence-electron chi connectivity index (χ1n) is 9.24. The van der Waals surface area contributed by atoms with Crippen LogP contribution in [0.2, 0.25) is 0 Å². The Balaban J connectivity index is 1.64. The summed E-state index contributed by atoms with van der Waals surface area (Å²) in [6.07, 6.45) is 3.66. The van der Waals surface area contributed by atoms with Crippen LogP contribution in [0.15, 0.2) is 48.5 Å². The van der Waals surface area contributed by atoms with Gasteiger partial charge < -0.3 is 20.3 Å². The van der Waals surface area contributed by atoms with E-state index < -0.39 is 5.97 Å². The van der Waals surface area contributed by atoms with Crippen molar-refractivity contribution in [2.24, 2.45) is 0 Å². The summed E-state index contributed by atoms with van der Waals surface area (Å²) in [6, 6.07) is 14.8. The molecular weight excluding hydrogens is 342 g/mol. The second-order valence-electron chi connectivity index (χ2n) is 6.50. The first-order valence-corrected chi connectivity index (χ1v) is 9.24. The number of piperidine rings is 1. The molecule has 2 aromatic carbocycles. The highest BCUT2D eigenvalue weighted by Gasteiger charge is 2.16. The number of rotatable bonds is 6. The lowest BCUT2D eigenvalue weighted by molar-refractivity contribution is -0.114. The molecule has 142 valence electrons. The van der Waals surface area contributed by atoms with Crippen molar-refractivity contribution < 1.29 is 14.3 Å². The average Bonchev–Trinajstić information content (AvgIpc) is 2.73. The predicted octanol–water partition coefficient (Wildman–Crippen LogP) is 3.51. The Morgan fingerprint density at radius 2 is 1.63 bits per heavy atom. The van der Waals surface area contributed by atoms with Crippen molar-refractivity contribution in [3.8, 4) is 0 Å². The standard InChI is InChI=1S/C21H25N3O3/c1-27-21(26)16-9-3-4-10-17(16)23-20(25)15-22-18-11-5-6-12-19(18)24-13-7-2-8-14-24/h3-6,9-12,22H,2,7-8,13-15H2,1H3,(H,23,25). The Morgan fingerprint density at radius 3 is 2.37 bits per heavy atom. The Morgan fingerprint density at radius 1 is 0.963 bits per heavy atom. The molecule has 6 heteroatoms. The van der Waals surface area contributed by atoms with Crippen molar-refractivity contribution in [1.29, 1.82) is 0 Å². The van der Waals surface area contributed by atoms with Crippen LogP contribution in [0.3, 0.4) is 0 Å². The summed E-state index contributed by atoms with van der Waals surface area (Å²) in [5.41, 5.74) is 2.85. The van der Waals surface area contributed by atoms with Gasteiger partial charge in [0.25, 0.3) is 0 Å². The van der Waals surface area contributed by atoms with Gasteiger partial charge in [-0.1, -0.05) is 24.3 Å². The van der Waals surface area contributed by atoms with Crippen molar-refractivity contribution in [2.75, 3.05) is 42.3 Å². The number of para-hydroxylation sites is 3. The summed E-state index contributed by atoms with van der Waals surface area (Å²) in [7, 11) is 1.32. The van der Waals surface area contributed by atoms with E-state index in [0.29, 0.717) is 11.3 Å². The Hall–Kier alpha value is -3.02. The van der Waals surface area contributed by atoms with Gasteiger partial charge in [0.05, 0.1) is 36.3 Å². The molecule has 1 fully saturated rings. The van der Waals surface area contributed by atoms with Gasteiger partial charge in [0.2, 0.25) is 5.91 Å². The molecule has 27 heavy (non-hydrogen) atoms. The van der Waals surface area contributed by atoms with Gasteiger partial charge in [0, 0.05) is 13.1 Å². The van der Waals surface area contributed by atoms with E-state index in [-0.39, 0.29) is 12.5 Å². The topological polar surface area (TPSA) is 70.7 Å². The second-order valence-corrected chi connectivity index (χ2v) is 6.50. The van der Waals surface area contributed by atoms with E-state index >= 15 is 0 Å². The molecule has 1 aliphatic rings. The quantitative estimate of drug-likeness (QED) is 0.765. The van der Waals surface area contributed by atoms with Crippen LogP contribution >= 0.6 is 0 Å². The smallest absolute Gasteiger partial charge is 0.339 e. The van der Waals surface area contributed by atoms with E-state index in [1.807, 2.05) is 18.2 Å². The molecule has 1 amide bonds. The normalized spacial score (nSPS) is 13.7. The van der Waals surface area contributed by atoms with E-state index in [4.69, 9.17) is 4.74 Å². The molecular formula is C21H25N3O3. The first kappa shape index (κ1) is 18.8. The number of benzene rings is 2. The van der Waals surface area contributed by atoms with E-state index in [0.717, 1.165) is 24.5 Å². The van der Waals surface area contributed by atoms with Gasteiger partial charge >= 0.3 is 5.97 Å². The molecule has 3 rings (SSSR count). The number of anilines is 3. The molecule has 0 saturated carbocycles. The zero-order valence-corrected chi connectivity index (χ0v) is 15.5. The Bertz CT molecular complexity index is 801. The van der Waals surface area contributed by atoms with Crippen LogP contribution in [-0.2, 0) is 9.53 Å². The molecule has 0 atom stereocenters. The first-order chi connectivity index (χ1) is 13.2. The molecule has 2 aromatic rings. The molecule has 0 bridgehead atoms. The highest BCUT2D eigenvalue weighted by atomic mass is 16.5. The maximum atomic E-state index is 12.4. The number of esters is 1. The van der Waals surface area contributed by atoms with E-state index in [9.17, 15) is 9.59 Å². The molecule has 1 saturated heterocycles. The van der Waals surface area contributed by atoms with Crippen LogP contribution in [0.25, 0.3) is 0 Å². The fourth-order valence-electron chi connectivity index (χ4n) is 3.28. The minimum absolute atomic E-state index is 0.111. The third kappa shape index (κ3) is 4.78. The van der Waals surface area contributed by atoms with Crippen LogP contribution in [0.4, 0.5) is 17.1 Å². The highest BCUT2D eigenvalue weighted by Crippen LogP contribution is 2.28. The van der Waals surface area contributed by atoms with Crippen LogP contribution in [-0.4, -0.2) is 38.6 Å². The average molecular weight is 367 g/mol. The number of amides is 1. The molecule has 0 radical (unpaired) electrons. The summed E-state index contributed by atoms with van der Waals surface area (Å²) in [5.74, 6) is -0.700. The summed E-state index contributed by atoms with van der Waals surface area (Å²) in [4.78, 5) is 26.6. The van der Waals surface area contributed by atoms with Crippen molar-refractivity contribution in [1.82, 2.24) is 0 Å². The third-order valence-electron chi connectivity index (χ3n) is 4.65. The Kier molecular flexibility index (Phi) is 6.30. The van der Waals surface area contributed by atoms with Crippen molar-refractivity contribution in [3.05, 3.63) is 54.1 Å². The van der Waals surface area contributed by atoms with Crippen LogP contribution < -0.4 is 15.5 Å². The Labute approximate surface area is 159 Å². The number of hydrogen-bond donors (Lipinski definition) is 2. The second kappa shape index (κ2) is 9.07. The number of hydrogen-bond acceptors (Lipinski definition) is 5. The molecule has 1 heterocycles. The van der Waals surface area contributed by atoms with Crippen molar-refractivity contribution in [3.63, 3.8) is 0 Å². The van der Waals surface area contributed by atoms with Gasteiger partial charge in [0.1, 0.15) is 0 Å². The lowest BCUT2D eigenvalue weighted by atomic mass is 10.1. The molecule has 2 N–H and O–H groups in total. The molecule has 6 nitrogen and oxygen atoms in total. The van der Waals surface area contributed by atoms with Crippen molar-refractivity contribution >= 4 is 28.9 Å². The lowest BCUT2D eigenvalue weighted by Gasteiger charge is -2.30.